The molecule has 10 nitrogen and oxygen atoms in total. The second-order valence-electron chi connectivity index (χ2n) is 7.59. The number of benzene rings is 1. The number of amides is 1. The SMILES string of the molecule is Cc1nc(-c2ccccc2NC(=O)C2CCN(S(=O)(=O)c3cn(C)c(C)n3)CC2)no1. The Labute approximate surface area is 180 Å². The zero-order valence-corrected chi connectivity index (χ0v) is 18.4. The maximum absolute atomic E-state index is 12.9. The number of hydrogen-bond donors (Lipinski definition) is 1. The van der Waals surface area contributed by atoms with Crippen molar-refractivity contribution in [2.45, 2.75) is 31.7 Å². The average Bonchev–Trinajstić information content (AvgIpc) is 3.34. The standard InChI is InChI=1S/C20H24N6O4S/c1-13-21-18(12-25(13)3)31(28,29)26-10-8-15(9-11-26)20(27)23-17-7-5-4-6-16(17)19-22-14(2)30-24-19/h4-7,12,15H,8-11H2,1-3H3,(H,23,27). The van der Waals surface area contributed by atoms with E-state index in [1.807, 2.05) is 18.2 Å². The molecule has 0 radical (unpaired) electrons. The first-order valence-corrected chi connectivity index (χ1v) is 11.4. The summed E-state index contributed by atoms with van der Waals surface area (Å²) in [5.74, 6) is 1.02. The molecule has 1 aromatic carbocycles. The molecule has 1 amide bonds. The number of aryl methyl sites for hydroxylation is 3. The van der Waals surface area contributed by atoms with Crippen molar-refractivity contribution in [3.05, 3.63) is 42.2 Å². The van der Waals surface area contributed by atoms with Gasteiger partial charge in [0.15, 0.2) is 5.03 Å². The maximum atomic E-state index is 12.9. The second kappa shape index (κ2) is 8.23. The van der Waals surface area contributed by atoms with Crippen LogP contribution in [0.2, 0.25) is 0 Å². The normalized spacial score (nSPS) is 15.8. The minimum absolute atomic E-state index is 0.0414. The number of piperidine rings is 1. The monoisotopic (exact) mass is 444 g/mol. The predicted octanol–water partition coefficient (Wildman–Crippen LogP) is 2.13. The van der Waals surface area contributed by atoms with Gasteiger partial charge in [-0.2, -0.15) is 9.29 Å². The fraction of sp³-hybridized carbons (Fsp3) is 0.400. The van der Waals surface area contributed by atoms with Gasteiger partial charge in [0.25, 0.3) is 10.0 Å². The molecule has 0 aliphatic carbocycles. The first-order chi connectivity index (χ1) is 14.8. The summed E-state index contributed by atoms with van der Waals surface area (Å²) in [5, 5.41) is 6.90. The van der Waals surface area contributed by atoms with Crippen molar-refractivity contribution in [3.8, 4) is 11.4 Å². The van der Waals surface area contributed by atoms with Gasteiger partial charge >= 0.3 is 0 Å². The Morgan fingerprint density at radius 3 is 2.48 bits per heavy atom. The van der Waals surface area contributed by atoms with Crippen molar-refractivity contribution in [2.75, 3.05) is 18.4 Å². The minimum Gasteiger partial charge on any atom is -0.339 e. The van der Waals surface area contributed by atoms with Crippen LogP contribution in [0.15, 0.2) is 40.0 Å². The average molecular weight is 445 g/mol. The predicted molar refractivity (Wildman–Crippen MR) is 113 cm³/mol. The van der Waals surface area contributed by atoms with Crippen molar-refractivity contribution in [1.29, 1.82) is 0 Å². The summed E-state index contributed by atoms with van der Waals surface area (Å²) < 4.78 is 33.8. The Morgan fingerprint density at radius 1 is 1.16 bits per heavy atom. The van der Waals surface area contributed by atoms with E-state index >= 15 is 0 Å². The van der Waals surface area contributed by atoms with Crippen molar-refractivity contribution in [2.24, 2.45) is 13.0 Å². The van der Waals surface area contributed by atoms with Crippen LogP contribution in [0, 0.1) is 19.8 Å². The van der Waals surface area contributed by atoms with Crippen LogP contribution in [0.4, 0.5) is 5.69 Å². The first-order valence-electron chi connectivity index (χ1n) is 9.96. The van der Waals surface area contributed by atoms with E-state index in [4.69, 9.17) is 4.52 Å². The Balaban J connectivity index is 1.43. The molecule has 164 valence electrons. The lowest BCUT2D eigenvalue weighted by Crippen LogP contribution is -2.41. The highest BCUT2D eigenvalue weighted by molar-refractivity contribution is 7.89. The largest absolute Gasteiger partial charge is 0.339 e. The first kappa shape index (κ1) is 21.2. The Bertz CT molecular complexity index is 1190. The number of anilines is 1. The third kappa shape index (κ3) is 4.23. The Hall–Kier alpha value is -3.05. The lowest BCUT2D eigenvalue weighted by Gasteiger charge is -2.30. The van der Waals surface area contributed by atoms with Crippen LogP contribution in [0.3, 0.4) is 0 Å². The highest BCUT2D eigenvalue weighted by atomic mass is 32.2. The Morgan fingerprint density at radius 2 is 1.87 bits per heavy atom. The van der Waals surface area contributed by atoms with Crippen LogP contribution in [0.1, 0.15) is 24.6 Å². The quantitative estimate of drug-likeness (QED) is 0.639. The molecular formula is C20H24N6O4S. The van der Waals surface area contributed by atoms with Gasteiger partial charge in [-0.1, -0.05) is 17.3 Å². The molecule has 0 spiro atoms. The lowest BCUT2D eigenvalue weighted by molar-refractivity contribution is -0.120. The molecule has 2 aromatic heterocycles. The molecule has 3 aromatic rings. The molecular weight excluding hydrogens is 420 g/mol. The number of nitrogens with one attached hydrogen (secondary N) is 1. The zero-order valence-electron chi connectivity index (χ0n) is 17.6. The molecule has 4 rings (SSSR count). The molecule has 11 heteroatoms. The summed E-state index contributed by atoms with van der Waals surface area (Å²) in [6, 6.07) is 7.24. The van der Waals surface area contributed by atoms with Gasteiger partial charge in [-0.25, -0.2) is 13.4 Å². The van der Waals surface area contributed by atoms with Crippen molar-refractivity contribution in [1.82, 2.24) is 24.0 Å². The number of hydrogen-bond acceptors (Lipinski definition) is 7. The summed E-state index contributed by atoms with van der Waals surface area (Å²) in [5.41, 5.74) is 1.26. The van der Waals surface area contributed by atoms with Gasteiger partial charge < -0.3 is 14.4 Å². The smallest absolute Gasteiger partial charge is 0.262 e. The van der Waals surface area contributed by atoms with Gasteiger partial charge in [-0.15, -0.1) is 0 Å². The number of para-hydroxylation sites is 1. The summed E-state index contributed by atoms with van der Waals surface area (Å²) >= 11 is 0. The van der Waals surface area contributed by atoms with Gasteiger partial charge in [0.2, 0.25) is 17.6 Å². The third-order valence-corrected chi connectivity index (χ3v) is 7.24. The molecule has 1 aliphatic rings. The molecule has 3 heterocycles. The molecule has 0 atom stereocenters. The van der Waals surface area contributed by atoms with E-state index in [2.05, 4.69) is 20.4 Å². The molecule has 0 unspecified atom stereocenters. The van der Waals surface area contributed by atoms with Crippen molar-refractivity contribution >= 4 is 21.6 Å². The molecule has 1 N–H and O–H groups in total. The summed E-state index contributed by atoms with van der Waals surface area (Å²) in [6.07, 6.45) is 2.38. The Kier molecular flexibility index (Phi) is 5.63. The van der Waals surface area contributed by atoms with Crippen LogP contribution < -0.4 is 5.32 Å². The molecule has 0 saturated carbocycles. The van der Waals surface area contributed by atoms with E-state index < -0.39 is 10.0 Å². The van der Waals surface area contributed by atoms with E-state index in [1.165, 1.54) is 10.5 Å². The number of carbonyl (C=O) groups excluding carboxylic acids is 1. The number of imidazole rings is 1. The van der Waals surface area contributed by atoms with E-state index in [9.17, 15) is 13.2 Å². The highest BCUT2D eigenvalue weighted by Gasteiger charge is 2.33. The number of nitrogens with zero attached hydrogens (tertiary/aromatic N) is 5. The van der Waals surface area contributed by atoms with E-state index in [-0.39, 0.29) is 29.9 Å². The van der Waals surface area contributed by atoms with Crippen molar-refractivity contribution < 1.29 is 17.7 Å². The fourth-order valence-corrected chi connectivity index (χ4v) is 5.07. The van der Waals surface area contributed by atoms with Gasteiger partial charge in [-0.05, 0) is 31.9 Å². The molecule has 0 bridgehead atoms. The third-order valence-electron chi connectivity index (χ3n) is 5.47. The van der Waals surface area contributed by atoms with Crippen LogP contribution in [-0.2, 0) is 21.9 Å². The second-order valence-corrected chi connectivity index (χ2v) is 9.47. The fourth-order valence-electron chi connectivity index (χ4n) is 3.57. The van der Waals surface area contributed by atoms with Crippen LogP contribution >= 0.6 is 0 Å². The lowest BCUT2D eigenvalue weighted by atomic mass is 9.97. The zero-order chi connectivity index (χ0) is 22.2. The van der Waals surface area contributed by atoms with Crippen LogP contribution in [-0.4, -0.2) is 51.4 Å². The minimum atomic E-state index is -3.67. The number of aromatic nitrogens is 4. The van der Waals surface area contributed by atoms with Gasteiger partial charge in [0.1, 0.15) is 5.82 Å². The maximum Gasteiger partial charge on any atom is 0.262 e. The molecule has 31 heavy (non-hydrogen) atoms. The molecule has 1 saturated heterocycles. The van der Waals surface area contributed by atoms with Gasteiger partial charge in [-0.3, -0.25) is 4.79 Å². The topological polar surface area (TPSA) is 123 Å². The van der Waals surface area contributed by atoms with Crippen LogP contribution in [0.25, 0.3) is 11.4 Å². The van der Waals surface area contributed by atoms with E-state index in [0.29, 0.717) is 41.6 Å². The molecule has 1 fully saturated rings. The number of rotatable bonds is 5. The molecule has 1 aliphatic heterocycles. The highest BCUT2D eigenvalue weighted by Crippen LogP contribution is 2.28. The van der Waals surface area contributed by atoms with E-state index in [1.54, 1.807) is 31.5 Å². The summed E-state index contributed by atoms with van der Waals surface area (Å²) in [7, 11) is -1.91. The van der Waals surface area contributed by atoms with Gasteiger partial charge in [0.05, 0.1) is 5.69 Å². The number of carbonyl (C=O) groups is 1. The number of sulfonamides is 1. The van der Waals surface area contributed by atoms with Gasteiger partial charge in [0, 0.05) is 44.7 Å². The summed E-state index contributed by atoms with van der Waals surface area (Å²) in [6.45, 7) is 3.98. The summed E-state index contributed by atoms with van der Waals surface area (Å²) in [4.78, 5) is 21.2. The van der Waals surface area contributed by atoms with Crippen molar-refractivity contribution in [3.63, 3.8) is 0 Å². The van der Waals surface area contributed by atoms with Crippen LogP contribution in [0.5, 0.6) is 0 Å². The van der Waals surface area contributed by atoms with E-state index in [0.717, 1.165) is 0 Å².